The number of thiazole rings is 1. The first-order valence-electron chi connectivity index (χ1n) is 25.9. The fourth-order valence-corrected chi connectivity index (χ4v) is 10.8. The summed E-state index contributed by atoms with van der Waals surface area (Å²) in [6.07, 6.45) is 6.85. The number of nitrogens with one attached hydrogen (secondary N) is 4. The number of hydrogen-bond donors (Lipinski definition) is 5. The van der Waals surface area contributed by atoms with Gasteiger partial charge in [-0.1, -0.05) is 43.7 Å². The third kappa shape index (κ3) is 13.3. The zero-order valence-electron chi connectivity index (χ0n) is 43.8. The molecule has 5 heterocycles. The van der Waals surface area contributed by atoms with E-state index in [0.29, 0.717) is 67.7 Å². The normalized spacial score (nSPS) is 16.3. The van der Waals surface area contributed by atoms with Crippen molar-refractivity contribution in [2.75, 3.05) is 68.6 Å². The lowest BCUT2D eigenvalue weighted by atomic mass is 9.91. The van der Waals surface area contributed by atoms with Gasteiger partial charge in [0.1, 0.15) is 30.2 Å². The molecule has 2 aromatic carbocycles. The number of imide groups is 1. The number of carbonyl (C=O) groups excluding carboxylic acids is 7. The first-order chi connectivity index (χ1) is 36.5. The number of rotatable bonds is 22. The summed E-state index contributed by atoms with van der Waals surface area (Å²) in [5.41, 5.74) is 11.0. The summed E-state index contributed by atoms with van der Waals surface area (Å²) in [5.74, 6) is -2.08. The van der Waals surface area contributed by atoms with Crippen molar-refractivity contribution >= 4 is 96.6 Å². The highest BCUT2D eigenvalue weighted by Gasteiger charge is 2.31. The van der Waals surface area contributed by atoms with Gasteiger partial charge in [0.05, 0.1) is 29.1 Å². The van der Waals surface area contributed by atoms with Gasteiger partial charge in [-0.15, -0.1) is 0 Å². The maximum absolute atomic E-state index is 14.5. The number of unbranched alkanes of at least 4 members (excludes halogenated alkanes) is 2. The minimum Gasteiger partial charge on any atom is -0.444 e. The number of morpholine rings is 1. The molecule has 8 rings (SSSR count). The van der Waals surface area contributed by atoms with Gasteiger partial charge >= 0.3 is 12.1 Å². The first-order valence-corrected chi connectivity index (χ1v) is 26.8. The number of aromatic nitrogens is 3. The van der Waals surface area contributed by atoms with Crippen LogP contribution in [0.1, 0.15) is 75.6 Å². The Labute approximate surface area is 445 Å². The molecular weight excluding hydrogens is 993 g/mol. The van der Waals surface area contributed by atoms with Gasteiger partial charge in [0.15, 0.2) is 5.13 Å². The predicted molar refractivity (Wildman–Crippen MR) is 290 cm³/mol. The highest BCUT2D eigenvalue weighted by Crippen LogP contribution is 2.37. The molecule has 404 valence electrons. The SMILES string of the molecule is CC(C)[C@H](NC(=O)CCCCCN1C(=O)C=CC1=O)C(=O)N[C@@H](CCCNC(N)=O)C(=O)Nc1ccc(COC(=O)N(c2ccc3nc(N4CCOCC4)sc3c2)c2ccc3c4c(n(C)c3n2)CCC(N(C)C)C4)cc1. The van der Waals surface area contributed by atoms with E-state index < -0.39 is 36.0 Å². The van der Waals surface area contributed by atoms with Crippen molar-refractivity contribution in [2.24, 2.45) is 18.7 Å². The number of carbonyl (C=O) groups is 7. The standard InChI is InChI=1S/C54H68N12O9S/c1-33(2)48(61-45(67)11-7-6-8-25-65-46(68)22-23-47(65)69)51(71)58-41(10-9-24-56-52(55)72)50(70)57-35-14-12-34(13-15-35)32-75-54(73)66(37-16-19-40-43(31-37)76-53(59-40)64-26-28-74-29-27-64)44-21-18-38-39-30-36(62(3)4)17-20-42(39)63(5)49(38)60-44/h12-16,18-19,21-23,31,33,36,41,48H,6-11,17,20,24-30,32H2,1-5H3,(H,57,70)(H,58,71)(H,61,67)(H3,55,56,72)/t36?,41-,48-/m0/s1. The van der Waals surface area contributed by atoms with Gasteiger partial charge < -0.3 is 50.8 Å². The van der Waals surface area contributed by atoms with Crippen molar-refractivity contribution in [1.82, 2.24) is 40.3 Å². The number of benzene rings is 2. The highest BCUT2D eigenvalue weighted by atomic mass is 32.1. The number of urea groups is 1. The summed E-state index contributed by atoms with van der Waals surface area (Å²) < 4.78 is 14.7. The van der Waals surface area contributed by atoms with E-state index in [1.54, 1.807) is 49.4 Å². The molecular formula is C54H68N12O9S. The Morgan fingerprint density at radius 2 is 1.66 bits per heavy atom. The van der Waals surface area contributed by atoms with Crippen molar-refractivity contribution in [1.29, 1.82) is 0 Å². The second kappa shape index (κ2) is 24.9. The van der Waals surface area contributed by atoms with E-state index in [0.717, 1.165) is 63.6 Å². The molecule has 3 aromatic heterocycles. The van der Waals surface area contributed by atoms with Gasteiger partial charge in [-0.05, 0) is 119 Å². The molecule has 2 aliphatic heterocycles. The molecule has 0 spiro atoms. The number of amides is 8. The van der Waals surface area contributed by atoms with Crippen LogP contribution in [-0.4, -0.2) is 138 Å². The first kappa shape index (κ1) is 54.8. The quantitative estimate of drug-likeness (QED) is 0.0430. The van der Waals surface area contributed by atoms with Crippen LogP contribution in [0.2, 0.25) is 0 Å². The third-order valence-corrected chi connectivity index (χ3v) is 15.2. The van der Waals surface area contributed by atoms with Gasteiger partial charge in [-0.2, -0.15) is 0 Å². The number of fused-ring (bicyclic) bond motifs is 4. The zero-order chi connectivity index (χ0) is 54.0. The smallest absolute Gasteiger partial charge is 0.420 e. The van der Waals surface area contributed by atoms with Crippen molar-refractivity contribution in [3.63, 3.8) is 0 Å². The summed E-state index contributed by atoms with van der Waals surface area (Å²) in [4.78, 5) is 107. The minimum atomic E-state index is -1.06. The van der Waals surface area contributed by atoms with E-state index in [2.05, 4.69) is 55.8 Å². The molecule has 0 radical (unpaired) electrons. The van der Waals surface area contributed by atoms with Crippen LogP contribution < -0.4 is 36.8 Å². The average Bonchev–Trinajstić information content (AvgIpc) is 4.12. The van der Waals surface area contributed by atoms with Gasteiger partial charge in [0.2, 0.25) is 17.7 Å². The monoisotopic (exact) mass is 1060 g/mol. The van der Waals surface area contributed by atoms with Crippen LogP contribution in [0.25, 0.3) is 21.3 Å². The summed E-state index contributed by atoms with van der Waals surface area (Å²) >= 11 is 1.55. The number of nitrogens with zero attached hydrogens (tertiary/aromatic N) is 7. The molecule has 3 atom stereocenters. The maximum atomic E-state index is 14.5. The topological polar surface area (TPSA) is 256 Å². The summed E-state index contributed by atoms with van der Waals surface area (Å²) in [5, 5.41) is 12.9. The minimum absolute atomic E-state index is 0.105. The zero-order valence-corrected chi connectivity index (χ0v) is 44.6. The van der Waals surface area contributed by atoms with Crippen molar-refractivity contribution in [2.45, 2.75) is 96.4 Å². The Hall–Kier alpha value is -7.43. The average molecular weight is 1060 g/mol. The lowest BCUT2D eigenvalue weighted by molar-refractivity contribution is -0.137. The second-order valence-corrected chi connectivity index (χ2v) is 21.0. The van der Waals surface area contributed by atoms with E-state index in [9.17, 15) is 33.6 Å². The number of likely N-dealkylation sites (N-methyl/N-ethyl adjacent to an activating group) is 1. The Kier molecular flexibility index (Phi) is 18.0. The van der Waals surface area contributed by atoms with Gasteiger partial charge in [-0.3, -0.25) is 28.9 Å². The molecule has 3 aliphatic rings. The summed E-state index contributed by atoms with van der Waals surface area (Å²) in [6, 6.07) is 14.1. The Balaban J connectivity index is 0.931. The highest BCUT2D eigenvalue weighted by molar-refractivity contribution is 7.22. The van der Waals surface area contributed by atoms with Crippen LogP contribution in [0.5, 0.6) is 0 Å². The molecule has 22 heteroatoms. The third-order valence-electron chi connectivity index (χ3n) is 14.1. The Morgan fingerprint density at radius 1 is 0.908 bits per heavy atom. The van der Waals surface area contributed by atoms with Gasteiger partial charge in [0, 0.05) is 74.6 Å². The Bertz CT molecular complexity index is 2970. The Morgan fingerprint density at radius 3 is 2.37 bits per heavy atom. The summed E-state index contributed by atoms with van der Waals surface area (Å²) in [7, 11) is 6.26. The number of pyridine rings is 1. The van der Waals surface area contributed by atoms with Gasteiger partial charge in [0.25, 0.3) is 11.8 Å². The van der Waals surface area contributed by atoms with Crippen LogP contribution in [0.3, 0.4) is 0 Å². The van der Waals surface area contributed by atoms with Crippen molar-refractivity contribution < 1.29 is 43.0 Å². The predicted octanol–water partition coefficient (Wildman–Crippen LogP) is 5.41. The van der Waals surface area contributed by atoms with E-state index in [4.69, 9.17) is 25.2 Å². The fraction of sp³-hybridized carbons (Fsp3) is 0.463. The second-order valence-electron chi connectivity index (χ2n) is 20.0. The number of ether oxygens (including phenoxy) is 2. The molecule has 76 heavy (non-hydrogen) atoms. The molecule has 1 aliphatic carbocycles. The fourth-order valence-electron chi connectivity index (χ4n) is 9.77. The van der Waals surface area contributed by atoms with Gasteiger partial charge in [-0.25, -0.2) is 24.5 Å². The van der Waals surface area contributed by atoms with Crippen LogP contribution >= 0.6 is 11.3 Å². The molecule has 1 unspecified atom stereocenters. The molecule has 6 N–H and O–H groups in total. The number of nitrogens with two attached hydrogens (primary N) is 1. The van der Waals surface area contributed by atoms with Crippen LogP contribution in [0, 0.1) is 5.92 Å². The molecule has 0 saturated carbocycles. The number of aryl methyl sites for hydroxylation is 1. The molecule has 5 aromatic rings. The molecule has 1 saturated heterocycles. The lowest BCUT2D eigenvalue weighted by Crippen LogP contribution is -2.54. The van der Waals surface area contributed by atoms with E-state index in [-0.39, 0.29) is 56.2 Å². The van der Waals surface area contributed by atoms with E-state index >= 15 is 0 Å². The van der Waals surface area contributed by atoms with Crippen LogP contribution in [0.4, 0.5) is 31.9 Å². The van der Waals surface area contributed by atoms with Crippen molar-refractivity contribution in [3.8, 4) is 0 Å². The number of anilines is 4. The molecule has 21 nitrogen and oxygen atoms in total. The molecule has 0 bridgehead atoms. The van der Waals surface area contributed by atoms with Crippen LogP contribution in [0.15, 0.2) is 66.7 Å². The molecule has 8 amide bonds. The van der Waals surface area contributed by atoms with E-state index in [1.807, 2.05) is 31.3 Å². The lowest BCUT2D eigenvalue weighted by Gasteiger charge is -2.28. The molecule has 1 fully saturated rings. The maximum Gasteiger partial charge on any atom is 0.420 e. The van der Waals surface area contributed by atoms with E-state index in [1.165, 1.54) is 28.3 Å². The largest absolute Gasteiger partial charge is 0.444 e. The van der Waals surface area contributed by atoms with Crippen molar-refractivity contribution in [3.05, 3.63) is 83.6 Å². The summed E-state index contributed by atoms with van der Waals surface area (Å²) in [6.45, 7) is 6.63. The number of primary amides is 1. The van der Waals surface area contributed by atoms with Crippen LogP contribution in [-0.2, 0) is 59.9 Å². The number of hydrogen-bond acceptors (Lipinski definition) is 14.